The number of carbonyl (C=O) groups is 1. The zero-order chi connectivity index (χ0) is 17.6. The third-order valence-corrected chi connectivity index (χ3v) is 3.88. The second-order valence-corrected chi connectivity index (χ2v) is 5.76. The maximum absolute atomic E-state index is 12.7. The van der Waals surface area contributed by atoms with Gasteiger partial charge in [-0.3, -0.25) is 4.79 Å². The van der Waals surface area contributed by atoms with Crippen LogP contribution < -0.4 is 10.2 Å². The van der Waals surface area contributed by atoms with Crippen LogP contribution in [0, 0.1) is 0 Å². The first kappa shape index (κ1) is 16.9. The maximum Gasteiger partial charge on any atom is 0.278 e. The fourth-order valence-corrected chi connectivity index (χ4v) is 2.51. The van der Waals surface area contributed by atoms with E-state index in [9.17, 15) is 4.79 Å². The molecule has 0 aliphatic heterocycles. The monoisotopic (exact) mass is 352 g/mol. The van der Waals surface area contributed by atoms with E-state index in [0.29, 0.717) is 23.1 Å². The lowest BCUT2D eigenvalue weighted by atomic mass is 10.2. The Kier molecular flexibility index (Phi) is 5.26. The summed E-state index contributed by atoms with van der Waals surface area (Å²) < 4.78 is 0. The molecular weight excluding hydrogens is 336 g/mol. The first-order valence-corrected chi connectivity index (χ1v) is 8.28. The number of nitrogens with one attached hydrogen (secondary N) is 1. The number of amides is 1. The third kappa shape index (κ3) is 4.14. The van der Waals surface area contributed by atoms with Crippen molar-refractivity contribution < 1.29 is 4.79 Å². The number of nitrogens with zero attached hydrogens (tertiary/aromatic N) is 3. The Morgan fingerprint density at radius 1 is 1.00 bits per heavy atom. The van der Waals surface area contributed by atoms with Crippen LogP contribution in [0.3, 0.4) is 0 Å². The second kappa shape index (κ2) is 7.77. The molecule has 25 heavy (non-hydrogen) atoms. The van der Waals surface area contributed by atoms with E-state index in [-0.39, 0.29) is 5.91 Å². The van der Waals surface area contributed by atoms with Crippen LogP contribution in [0.4, 0.5) is 17.2 Å². The summed E-state index contributed by atoms with van der Waals surface area (Å²) in [5.74, 6) is 0.376. The summed E-state index contributed by atoms with van der Waals surface area (Å²) in [4.78, 5) is 14.3. The number of halogens is 1. The Labute approximate surface area is 151 Å². The van der Waals surface area contributed by atoms with Gasteiger partial charge in [0.2, 0.25) is 0 Å². The highest BCUT2D eigenvalue weighted by Gasteiger charge is 2.17. The van der Waals surface area contributed by atoms with E-state index in [1.54, 1.807) is 29.2 Å². The molecule has 2 aromatic carbocycles. The number of hydrogen-bond acceptors (Lipinski definition) is 4. The summed E-state index contributed by atoms with van der Waals surface area (Å²) in [6.45, 7) is 2.48. The number of hydrogen-bond donors (Lipinski definition) is 1. The molecular formula is C19H17ClN4O. The highest BCUT2D eigenvalue weighted by atomic mass is 35.5. The van der Waals surface area contributed by atoms with Crippen LogP contribution in [-0.4, -0.2) is 22.6 Å². The van der Waals surface area contributed by atoms with Crippen molar-refractivity contribution in [1.29, 1.82) is 0 Å². The van der Waals surface area contributed by atoms with E-state index in [0.717, 1.165) is 11.4 Å². The predicted octanol–water partition coefficient (Wildman–Crippen LogP) is 4.54. The molecule has 1 amide bonds. The van der Waals surface area contributed by atoms with Gasteiger partial charge in [0, 0.05) is 22.9 Å². The zero-order valence-corrected chi connectivity index (χ0v) is 14.4. The molecule has 0 radical (unpaired) electrons. The Hall–Kier alpha value is -2.92. The van der Waals surface area contributed by atoms with Crippen LogP contribution in [0.15, 0.2) is 66.7 Å². The Morgan fingerprint density at radius 3 is 2.32 bits per heavy atom. The molecule has 0 aliphatic carbocycles. The summed E-state index contributed by atoms with van der Waals surface area (Å²) in [5.41, 5.74) is 1.98. The average molecular weight is 353 g/mol. The van der Waals surface area contributed by atoms with Gasteiger partial charge in [0.1, 0.15) is 0 Å². The van der Waals surface area contributed by atoms with Gasteiger partial charge in [0.25, 0.3) is 5.91 Å². The van der Waals surface area contributed by atoms with Crippen LogP contribution in [0.25, 0.3) is 0 Å². The first-order chi connectivity index (χ1) is 12.2. The van der Waals surface area contributed by atoms with E-state index in [4.69, 9.17) is 11.6 Å². The second-order valence-electron chi connectivity index (χ2n) is 5.32. The number of para-hydroxylation sites is 1. The van der Waals surface area contributed by atoms with E-state index < -0.39 is 0 Å². The summed E-state index contributed by atoms with van der Waals surface area (Å²) >= 11 is 5.87. The van der Waals surface area contributed by atoms with E-state index in [2.05, 4.69) is 15.5 Å². The molecule has 126 valence electrons. The van der Waals surface area contributed by atoms with Gasteiger partial charge in [-0.2, -0.15) is 0 Å². The summed E-state index contributed by atoms with van der Waals surface area (Å²) in [5, 5.41) is 11.9. The Morgan fingerprint density at radius 2 is 1.72 bits per heavy atom. The van der Waals surface area contributed by atoms with Gasteiger partial charge in [-0.15, -0.1) is 10.2 Å². The molecule has 6 heteroatoms. The molecule has 0 unspecified atom stereocenters. The quantitative estimate of drug-likeness (QED) is 0.732. The zero-order valence-electron chi connectivity index (χ0n) is 13.7. The van der Waals surface area contributed by atoms with Crippen molar-refractivity contribution in [2.24, 2.45) is 0 Å². The van der Waals surface area contributed by atoms with E-state index in [1.165, 1.54) is 0 Å². The molecule has 3 aromatic rings. The molecule has 0 saturated heterocycles. The standard InChI is InChI=1S/C19H17ClN4O/c1-2-24(16-6-4-3-5-7-16)19(25)17-12-13-18(23-22-17)21-15-10-8-14(20)9-11-15/h3-13H,2H2,1H3,(H,21,23). The molecule has 0 bridgehead atoms. The van der Waals surface area contributed by atoms with Crippen molar-refractivity contribution in [3.63, 3.8) is 0 Å². The van der Waals surface area contributed by atoms with Gasteiger partial charge in [-0.05, 0) is 55.5 Å². The molecule has 1 aromatic heterocycles. The average Bonchev–Trinajstić information content (AvgIpc) is 2.66. The van der Waals surface area contributed by atoms with Crippen molar-refractivity contribution in [1.82, 2.24) is 10.2 Å². The smallest absolute Gasteiger partial charge is 0.278 e. The van der Waals surface area contributed by atoms with Crippen molar-refractivity contribution in [3.05, 3.63) is 77.4 Å². The van der Waals surface area contributed by atoms with Crippen LogP contribution >= 0.6 is 11.6 Å². The number of aromatic nitrogens is 2. The van der Waals surface area contributed by atoms with Gasteiger partial charge < -0.3 is 10.2 Å². The number of anilines is 3. The minimum atomic E-state index is -0.181. The highest BCUT2D eigenvalue weighted by molar-refractivity contribution is 6.30. The van der Waals surface area contributed by atoms with Crippen molar-refractivity contribution in [2.75, 3.05) is 16.8 Å². The Bertz CT molecular complexity index is 836. The molecule has 5 nitrogen and oxygen atoms in total. The Balaban J connectivity index is 1.74. The minimum absolute atomic E-state index is 0.181. The fourth-order valence-electron chi connectivity index (χ4n) is 2.38. The highest BCUT2D eigenvalue weighted by Crippen LogP contribution is 2.18. The molecule has 1 N–H and O–H groups in total. The summed E-state index contributed by atoms with van der Waals surface area (Å²) in [7, 11) is 0. The molecule has 0 atom stereocenters. The molecule has 0 spiro atoms. The first-order valence-electron chi connectivity index (χ1n) is 7.90. The topological polar surface area (TPSA) is 58.1 Å². The van der Waals surface area contributed by atoms with Gasteiger partial charge in [0.15, 0.2) is 11.5 Å². The lowest BCUT2D eigenvalue weighted by molar-refractivity contribution is 0.0982. The van der Waals surface area contributed by atoms with Crippen LogP contribution in [0.2, 0.25) is 5.02 Å². The lowest BCUT2D eigenvalue weighted by Gasteiger charge is -2.20. The largest absolute Gasteiger partial charge is 0.339 e. The molecule has 0 saturated carbocycles. The van der Waals surface area contributed by atoms with Crippen molar-refractivity contribution in [3.8, 4) is 0 Å². The molecule has 0 aliphatic rings. The van der Waals surface area contributed by atoms with Crippen molar-refractivity contribution >= 4 is 34.7 Å². The molecule has 1 heterocycles. The van der Waals surface area contributed by atoms with Crippen LogP contribution in [0.1, 0.15) is 17.4 Å². The van der Waals surface area contributed by atoms with Gasteiger partial charge in [-0.25, -0.2) is 0 Å². The summed E-state index contributed by atoms with van der Waals surface area (Å²) in [6.07, 6.45) is 0. The summed E-state index contributed by atoms with van der Waals surface area (Å²) in [6, 6.07) is 20.2. The SMILES string of the molecule is CCN(C(=O)c1ccc(Nc2ccc(Cl)cc2)nn1)c1ccccc1. The van der Waals surface area contributed by atoms with E-state index in [1.807, 2.05) is 49.4 Å². The number of benzene rings is 2. The van der Waals surface area contributed by atoms with Crippen LogP contribution in [0.5, 0.6) is 0 Å². The van der Waals surface area contributed by atoms with Crippen molar-refractivity contribution in [2.45, 2.75) is 6.92 Å². The van der Waals surface area contributed by atoms with Gasteiger partial charge in [0.05, 0.1) is 0 Å². The fraction of sp³-hybridized carbons (Fsp3) is 0.105. The normalized spacial score (nSPS) is 10.3. The third-order valence-electron chi connectivity index (χ3n) is 3.63. The maximum atomic E-state index is 12.7. The molecule has 3 rings (SSSR count). The van der Waals surface area contributed by atoms with Crippen LogP contribution in [-0.2, 0) is 0 Å². The molecule has 0 fully saturated rings. The lowest BCUT2D eigenvalue weighted by Crippen LogP contribution is -2.31. The predicted molar refractivity (Wildman–Crippen MR) is 101 cm³/mol. The minimum Gasteiger partial charge on any atom is -0.339 e. The van der Waals surface area contributed by atoms with Gasteiger partial charge in [-0.1, -0.05) is 29.8 Å². The number of carbonyl (C=O) groups excluding carboxylic acids is 1. The number of rotatable bonds is 5. The van der Waals surface area contributed by atoms with Gasteiger partial charge >= 0.3 is 0 Å². The van der Waals surface area contributed by atoms with E-state index >= 15 is 0 Å².